The van der Waals surface area contributed by atoms with Crippen LogP contribution in [-0.2, 0) is 0 Å². The van der Waals surface area contributed by atoms with Gasteiger partial charge in [-0.3, -0.25) is 4.98 Å². The lowest BCUT2D eigenvalue weighted by molar-refractivity contribution is 0.281. The number of pyridine rings is 1. The Morgan fingerprint density at radius 3 is 2.60 bits per heavy atom. The van der Waals surface area contributed by atoms with Crippen molar-refractivity contribution >= 4 is 5.69 Å². The summed E-state index contributed by atoms with van der Waals surface area (Å²) in [5, 5.41) is 0. The van der Waals surface area contributed by atoms with Crippen LogP contribution in [0.25, 0.3) is 0 Å². The minimum absolute atomic E-state index is 0.359. The Morgan fingerprint density at radius 1 is 1.33 bits per heavy atom. The molecule has 1 aromatic rings. The monoisotopic (exact) mass is 208 g/mol. The number of methoxy groups -OCH3 is 1. The van der Waals surface area contributed by atoms with E-state index in [1.54, 1.807) is 19.5 Å². The Labute approximate surface area is 89.8 Å². The number of ether oxygens (including phenoxy) is 2. The molecule has 1 saturated carbocycles. The van der Waals surface area contributed by atoms with Crippen molar-refractivity contribution in [3.63, 3.8) is 0 Å². The predicted molar refractivity (Wildman–Crippen MR) is 58.8 cm³/mol. The highest BCUT2D eigenvalue weighted by molar-refractivity contribution is 5.62. The van der Waals surface area contributed by atoms with Crippen LogP contribution in [0.1, 0.15) is 12.8 Å². The van der Waals surface area contributed by atoms with Crippen LogP contribution in [0.15, 0.2) is 12.4 Å². The van der Waals surface area contributed by atoms with Gasteiger partial charge in [0, 0.05) is 14.1 Å². The summed E-state index contributed by atoms with van der Waals surface area (Å²) in [4.78, 5) is 6.11. The molecule has 4 nitrogen and oxygen atoms in total. The molecule has 0 aromatic carbocycles. The Balaban J connectivity index is 2.30. The third-order valence-electron chi connectivity index (χ3n) is 2.35. The normalized spacial score (nSPS) is 14.9. The number of hydrogen-bond acceptors (Lipinski definition) is 4. The van der Waals surface area contributed by atoms with Crippen molar-refractivity contribution in [3.8, 4) is 11.5 Å². The number of anilines is 1. The fourth-order valence-corrected chi connectivity index (χ4v) is 1.39. The summed E-state index contributed by atoms with van der Waals surface area (Å²) in [7, 11) is 5.57. The minimum Gasteiger partial charge on any atom is -0.491 e. The molecular weight excluding hydrogens is 192 g/mol. The van der Waals surface area contributed by atoms with Gasteiger partial charge in [-0.2, -0.15) is 0 Å². The highest BCUT2D eigenvalue weighted by Crippen LogP contribution is 2.38. The first kappa shape index (κ1) is 10.1. The smallest absolute Gasteiger partial charge is 0.187 e. The van der Waals surface area contributed by atoms with Gasteiger partial charge in [-0.15, -0.1) is 0 Å². The van der Waals surface area contributed by atoms with E-state index in [0.29, 0.717) is 6.10 Å². The highest BCUT2D eigenvalue weighted by atomic mass is 16.5. The molecule has 2 rings (SSSR count). The molecule has 1 heterocycles. The second-order valence-corrected chi connectivity index (χ2v) is 3.90. The molecular formula is C11H16N2O2. The molecule has 15 heavy (non-hydrogen) atoms. The summed E-state index contributed by atoms with van der Waals surface area (Å²) in [6.07, 6.45) is 6.12. The van der Waals surface area contributed by atoms with Crippen LogP contribution >= 0.6 is 0 Å². The summed E-state index contributed by atoms with van der Waals surface area (Å²) < 4.78 is 11.1. The average Bonchev–Trinajstić information content (AvgIpc) is 3.01. The molecule has 0 N–H and O–H groups in total. The molecule has 0 atom stereocenters. The number of nitrogens with zero attached hydrogens (tertiary/aromatic N) is 2. The van der Waals surface area contributed by atoms with Gasteiger partial charge in [-0.25, -0.2) is 0 Å². The highest BCUT2D eigenvalue weighted by Gasteiger charge is 2.26. The van der Waals surface area contributed by atoms with Gasteiger partial charge < -0.3 is 14.4 Å². The summed E-state index contributed by atoms with van der Waals surface area (Å²) in [5.41, 5.74) is 0.940. The van der Waals surface area contributed by atoms with Crippen LogP contribution in [0.2, 0.25) is 0 Å². The van der Waals surface area contributed by atoms with Crippen LogP contribution in [-0.4, -0.2) is 32.3 Å². The van der Waals surface area contributed by atoms with Crippen molar-refractivity contribution in [2.75, 3.05) is 26.1 Å². The molecule has 1 aliphatic rings. The Bertz CT molecular complexity index is 348. The SMILES string of the molecule is COc1c(OC2CC2)cncc1N(C)C. The maximum absolute atomic E-state index is 5.72. The molecule has 82 valence electrons. The second kappa shape index (κ2) is 3.96. The molecule has 1 aromatic heterocycles. The third-order valence-corrected chi connectivity index (χ3v) is 2.35. The van der Waals surface area contributed by atoms with Gasteiger partial charge >= 0.3 is 0 Å². The van der Waals surface area contributed by atoms with Crippen molar-refractivity contribution in [2.24, 2.45) is 0 Å². The van der Waals surface area contributed by atoms with E-state index in [4.69, 9.17) is 9.47 Å². The Hall–Kier alpha value is -1.45. The Kier molecular flexibility index (Phi) is 2.66. The molecule has 0 aliphatic heterocycles. The van der Waals surface area contributed by atoms with Crippen LogP contribution in [0.3, 0.4) is 0 Å². The van der Waals surface area contributed by atoms with Crippen LogP contribution < -0.4 is 14.4 Å². The van der Waals surface area contributed by atoms with Crippen molar-refractivity contribution in [3.05, 3.63) is 12.4 Å². The number of aromatic nitrogens is 1. The fraction of sp³-hybridized carbons (Fsp3) is 0.545. The van der Waals surface area contributed by atoms with E-state index < -0.39 is 0 Å². The van der Waals surface area contributed by atoms with Crippen molar-refractivity contribution in [1.82, 2.24) is 4.98 Å². The summed E-state index contributed by atoms with van der Waals surface area (Å²) >= 11 is 0. The predicted octanol–water partition coefficient (Wildman–Crippen LogP) is 1.70. The first-order valence-electron chi connectivity index (χ1n) is 5.08. The van der Waals surface area contributed by atoms with Crippen LogP contribution in [0, 0.1) is 0 Å². The lowest BCUT2D eigenvalue weighted by atomic mass is 10.3. The third kappa shape index (κ3) is 2.14. The topological polar surface area (TPSA) is 34.6 Å². The minimum atomic E-state index is 0.359. The lowest BCUT2D eigenvalue weighted by Crippen LogP contribution is -2.11. The zero-order valence-electron chi connectivity index (χ0n) is 9.36. The molecule has 0 radical (unpaired) electrons. The van der Waals surface area contributed by atoms with E-state index in [9.17, 15) is 0 Å². The Morgan fingerprint density at radius 2 is 2.07 bits per heavy atom. The second-order valence-electron chi connectivity index (χ2n) is 3.90. The van der Waals surface area contributed by atoms with E-state index in [-0.39, 0.29) is 0 Å². The zero-order chi connectivity index (χ0) is 10.8. The first-order chi connectivity index (χ1) is 7.22. The van der Waals surface area contributed by atoms with E-state index in [2.05, 4.69) is 4.98 Å². The standard InChI is InChI=1S/C11H16N2O2/c1-13(2)9-6-12-7-10(11(9)14-3)15-8-4-5-8/h6-8H,4-5H2,1-3H3. The van der Waals surface area contributed by atoms with Gasteiger partial charge in [0.15, 0.2) is 11.5 Å². The van der Waals surface area contributed by atoms with Gasteiger partial charge in [-0.05, 0) is 12.8 Å². The van der Waals surface area contributed by atoms with Gasteiger partial charge in [-0.1, -0.05) is 0 Å². The fourth-order valence-electron chi connectivity index (χ4n) is 1.39. The average molecular weight is 208 g/mol. The molecule has 0 bridgehead atoms. The van der Waals surface area contributed by atoms with E-state index in [1.165, 1.54) is 0 Å². The maximum Gasteiger partial charge on any atom is 0.187 e. The number of hydrogen-bond donors (Lipinski definition) is 0. The van der Waals surface area contributed by atoms with E-state index >= 15 is 0 Å². The molecule has 1 fully saturated rings. The molecule has 4 heteroatoms. The van der Waals surface area contributed by atoms with E-state index in [0.717, 1.165) is 30.0 Å². The largest absolute Gasteiger partial charge is 0.491 e. The summed E-state index contributed by atoms with van der Waals surface area (Å²) in [6, 6.07) is 0. The van der Waals surface area contributed by atoms with Gasteiger partial charge in [0.25, 0.3) is 0 Å². The molecule has 0 spiro atoms. The van der Waals surface area contributed by atoms with Gasteiger partial charge in [0.05, 0.1) is 25.6 Å². The zero-order valence-corrected chi connectivity index (χ0v) is 9.36. The molecule has 0 amide bonds. The van der Waals surface area contributed by atoms with Crippen molar-refractivity contribution in [1.29, 1.82) is 0 Å². The van der Waals surface area contributed by atoms with Crippen LogP contribution in [0.4, 0.5) is 5.69 Å². The quantitative estimate of drug-likeness (QED) is 0.754. The first-order valence-corrected chi connectivity index (χ1v) is 5.08. The molecule has 0 unspecified atom stereocenters. The summed E-state index contributed by atoms with van der Waals surface area (Å²) in [6.45, 7) is 0. The van der Waals surface area contributed by atoms with E-state index in [1.807, 2.05) is 19.0 Å². The number of rotatable bonds is 4. The van der Waals surface area contributed by atoms with Crippen molar-refractivity contribution in [2.45, 2.75) is 18.9 Å². The van der Waals surface area contributed by atoms with Gasteiger partial charge in [0.2, 0.25) is 0 Å². The summed E-state index contributed by atoms with van der Waals surface area (Å²) in [5.74, 6) is 1.51. The van der Waals surface area contributed by atoms with Gasteiger partial charge in [0.1, 0.15) is 5.69 Å². The lowest BCUT2D eigenvalue weighted by Gasteiger charge is -2.18. The van der Waals surface area contributed by atoms with Crippen LogP contribution in [0.5, 0.6) is 11.5 Å². The van der Waals surface area contributed by atoms with Crippen molar-refractivity contribution < 1.29 is 9.47 Å². The molecule has 0 saturated heterocycles. The maximum atomic E-state index is 5.72. The molecule has 1 aliphatic carbocycles.